The molecule has 0 saturated carbocycles. The zero-order valence-corrected chi connectivity index (χ0v) is 46.7. The number of terminal acetylenes is 3. The average Bonchev–Trinajstić information content (AvgIpc) is 3.46. The Morgan fingerprint density at radius 2 is 0.987 bits per heavy atom. The van der Waals surface area contributed by atoms with E-state index in [-0.39, 0.29) is 42.4 Å². The number of nitrogens with two attached hydrogens (primary N) is 1. The summed E-state index contributed by atoms with van der Waals surface area (Å²) in [5.74, 6) is 21.8. The molecule has 10 rings (SSSR count). The van der Waals surface area contributed by atoms with Gasteiger partial charge in [-0.25, -0.2) is 0 Å². The zero-order chi connectivity index (χ0) is 54.9. The van der Waals surface area contributed by atoms with Crippen molar-refractivity contribution in [1.82, 2.24) is 24.5 Å². The van der Waals surface area contributed by atoms with E-state index < -0.39 is 0 Å². The highest BCUT2D eigenvalue weighted by Gasteiger charge is 2.38. The normalized spacial score (nSPS) is 25.8. The largest absolute Gasteiger partial charge is 0.461 e. The Morgan fingerprint density at radius 3 is 1.40 bits per heavy atom. The highest BCUT2D eigenvalue weighted by atomic mass is 16.5. The standard InChI is InChI=1S/C33H47N3O3.C19H35N3O3.C7H4.C6H2/c1-38-32-26-34(19-10-4-9-15-33(37)39-31-25-35-20-16-29(31)17-21-35)22-18-30(32)36(23-27-11-5-2-6-12-27)24-28-13-7-3-8-14-28;1-24-18-14-21(12-8-16(18)20)9-4-2-3-5-19(23)25-17-13-22-10-6-15(17)7-11-22;1-3-5-7-6-4-2;1-3-5-6-4-2/h2-3,5-8,11-14,29-32H,4,9-10,15-26H2,1H3;15-18H,2-14,20H2,1H3;1H,2H3;1-2H/t30-,31+,32+;16-,17+,18+;;/m11../s1. The van der Waals surface area contributed by atoms with Gasteiger partial charge in [0.2, 0.25) is 0 Å². The lowest BCUT2D eigenvalue weighted by Gasteiger charge is -2.44. The van der Waals surface area contributed by atoms with E-state index in [9.17, 15) is 9.59 Å². The summed E-state index contributed by atoms with van der Waals surface area (Å²) in [5.41, 5.74) is 8.74. The number of hydrogen-bond acceptors (Lipinski definition) is 12. The molecule has 2 N–H and O–H groups in total. The highest BCUT2D eigenvalue weighted by Crippen LogP contribution is 2.31. The fourth-order valence-electron chi connectivity index (χ4n) is 11.5. The van der Waals surface area contributed by atoms with E-state index in [1.54, 1.807) is 14.0 Å². The monoisotopic (exact) mass is 1050 g/mol. The van der Waals surface area contributed by atoms with Gasteiger partial charge in [0.25, 0.3) is 0 Å². The van der Waals surface area contributed by atoms with Crippen LogP contribution in [0.25, 0.3) is 0 Å². The number of esters is 2. The van der Waals surface area contributed by atoms with Crippen LogP contribution in [0.3, 0.4) is 0 Å². The molecule has 12 heteroatoms. The molecule has 12 nitrogen and oxygen atoms in total. The Morgan fingerprint density at radius 1 is 0.545 bits per heavy atom. The lowest BCUT2D eigenvalue weighted by Crippen LogP contribution is -2.54. The molecule has 8 aliphatic heterocycles. The van der Waals surface area contributed by atoms with Crippen molar-refractivity contribution in [1.29, 1.82) is 0 Å². The Labute approximate surface area is 464 Å². The topological polar surface area (TPSA) is 113 Å². The van der Waals surface area contributed by atoms with Gasteiger partial charge in [0.15, 0.2) is 0 Å². The van der Waals surface area contributed by atoms with Gasteiger partial charge < -0.3 is 34.5 Å². The van der Waals surface area contributed by atoms with E-state index in [0.717, 1.165) is 117 Å². The van der Waals surface area contributed by atoms with Crippen LogP contribution in [0.1, 0.15) is 108 Å². The molecule has 0 radical (unpaired) electrons. The molecule has 2 aromatic rings. The zero-order valence-electron chi connectivity index (χ0n) is 46.7. The second-order valence-electron chi connectivity index (χ2n) is 21.1. The molecule has 4 bridgehead atoms. The van der Waals surface area contributed by atoms with Crippen LogP contribution in [0.15, 0.2) is 60.7 Å². The first kappa shape index (κ1) is 62.3. The molecule has 0 aromatic heterocycles. The van der Waals surface area contributed by atoms with Crippen LogP contribution in [0.5, 0.6) is 0 Å². The predicted molar refractivity (Wildman–Crippen MR) is 308 cm³/mol. The Hall–Kier alpha value is -5.58. The third-order valence-electron chi connectivity index (χ3n) is 15.8. The number of nitrogens with zero attached hydrogens (tertiary/aromatic N) is 5. The lowest BCUT2D eigenvalue weighted by molar-refractivity contribution is -0.159. The quantitative estimate of drug-likeness (QED) is 0.0782. The van der Waals surface area contributed by atoms with E-state index >= 15 is 0 Å². The van der Waals surface area contributed by atoms with Crippen molar-refractivity contribution in [2.24, 2.45) is 17.6 Å². The molecule has 6 atom stereocenters. The maximum atomic E-state index is 12.4. The number of fused-ring (bicyclic) bond motifs is 6. The van der Waals surface area contributed by atoms with Crippen LogP contribution in [-0.4, -0.2) is 166 Å². The molecule has 414 valence electrons. The molecular weight excluding hydrogens is 961 g/mol. The van der Waals surface area contributed by atoms with Crippen molar-refractivity contribution in [3.8, 4) is 72.6 Å². The Kier molecular flexibility index (Phi) is 29.5. The van der Waals surface area contributed by atoms with Gasteiger partial charge in [0.05, 0.1) is 12.2 Å². The van der Waals surface area contributed by atoms with Gasteiger partial charge in [-0.3, -0.25) is 24.3 Å². The first-order valence-electron chi connectivity index (χ1n) is 28.4. The van der Waals surface area contributed by atoms with Crippen molar-refractivity contribution < 1.29 is 28.5 Å². The number of rotatable bonds is 21. The summed E-state index contributed by atoms with van der Waals surface area (Å²) in [6.45, 7) is 16.4. The summed E-state index contributed by atoms with van der Waals surface area (Å²) >= 11 is 0. The number of carbonyl (C=O) groups is 2. The van der Waals surface area contributed by atoms with Crippen molar-refractivity contribution in [3.63, 3.8) is 0 Å². The van der Waals surface area contributed by atoms with Crippen molar-refractivity contribution in [3.05, 3.63) is 71.8 Å². The Bertz CT molecular complexity index is 2290. The van der Waals surface area contributed by atoms with Gasteiger partial charge in [-0.2, -0.15) is 0 Å². The molecule has 8 saturated heterocycles. The molecule has 8 heterocycles. The van der Waals surface area contributed by atoms with E-state index in [4.69, 9.17) is 44.0 Å². The van der Waals surface area contributed by atoms with Gasteiger partial charge in [-0.1, -0.05) is 79.4 Å². The second kappa shape index (κ2) is 36.5. The summed E-state index contributed by atoms with van der Waals surface area (Å²) in [4.78, 5) is 37.0. The number of hydrogen-bond donors (Lipinski definition) is 1. The number of carbonyl (C=O) groups excluding carboxylic acids is 2. The van der Waals surface area contributed by atoms with Crippen LogP contribution >= 0.6 is 0 Å². The molecule has 0 spiro atoms. The first-order chi connectivity index (χ1) is 37.7. The van der Waals surface area contributed by atoms with E-state index in [1.165, 1.54) is 63.0 Å². The number of likely N-dealkylation sites (tertiary alicyclic amines) is 2. The maximum Gasteiger partial charge on any atom is 0.306 e. The van der Waals surface area contributed by atoms with E-state index in [0.29, 0.717) is 30.7 Å². The predicted octanol–water partition coefficient (Wildman–Crippen LogP) is 7.11. The number of piperidine rings is 8. The smallest absolute Gasteiger partial charge is 0.306 e. The fourth-order valence-corrected chi connectivity index (χ4v) is 11.5. The summed E-state index contributed by atoms with van der Waals surface area (Å²) in [6.07, 6.45) is 29.0. The third kappa shape index (κ3) is 23.1. The van der Waals surface area contributed by atoms with Crippen LogP contribution < -0.4 is 5.73 Å². The summed E-state index contributed by atoms with van der Waals surface area (Å²) < 4.78 is 23.1. The molecule has 0 amide bonds. The van der Waals surface area contributed by atoms with Crippen LogP contribution in [0.2, 0.25) is 0 Å². The van der Waals surface area contributed by atoms with Crippen LogP contribution in [-0.2, 0) is 41.6 Å². The summed E-state index contributed by atoms with van der Waals surface area (Å²) in [5, 5.41) is 0. The average molecular weight is 1050 g/mol. The van der Waals surface area contributed by atoms with E-state index in [1.807, 2.05) is 7.11 Å². The third-order valence-corrected chi connectivity index (χ3v) is 15.8. The number of ether oxygens (including phenoxy) is 4. The SMILES string of the molecule is C#CC#CC#C.C#CC#CC#CC.CO[C@H]1CN(CCCCCC(=O)O[C@H]2CN3CCC2CC3)CC[C@H]1N.CO[C@H]1CN(CCCCCC(=O)O[C@H]2CN3CCC2CC3)CC[C@H]1N(Cc1ccccc1)Cc1ccccc1. The fraction of sp³-hybridized carbons (Fsp3) is 0.600. The molecule has 2 aromatic carbocycles. The van der Waals surface area contributed by atoms with Crippen molar-refractivity contribution in [2.45, 2.75) is 146 Å². The van der Waals surface area contributed by atoms with E-state index in [2.05, 4.69) is 138 Å². The molecule has 8 aliphatic rings. The van der Waals surface area contributed by atoms with Gasteiger partial charge in [-0.15, -0.1) is 19.3 Å². The second-order valence-corrected chi connectivity index (χ2v) is 21.1. The first-order valence-corrected chi connectivity index (χ1v) is 28.4. The number of methoxy groups -OCH3 is 2. The minimum atomic E-state index is 0.00198. The number of unbranched alkanes of at least 4 members (excludes halogenated alkanes) is 4. The van der Waals surface area contributed by atoms with Crippen LogP contribution in [0, 0.1) is 84.4 Å². The van der Waals surface area contributed by atoms with Crippen molar-refractivity contribution >= 4 is 11.9 Å². The molecular formula is C65H88N6O6. The lowest BCUT2D eigenvalue weighted by atomic mass is 9.86. The minimum Gasteiger partial charge on any atom is -0.461 e. The maximum absolute atomic E-state index is 12.4. The number of benzene rings is 2. The molecule has 0 aliphatic carbocycles. The highest BCUT2D eigenvalue weighted by molar-refractivity contribution is 5.70. The van der Waals surface area contributed by atoms with Gasteiger partial charge in [-0.05, 0) is 194 Å². The molecule has 77 heavy (non-hydrogen) atoms. The van der Waals surface area contributed by atoms with Gasteiger partial charge >= 0.3 is 11.9 Å². The van der Waals surface area contributed by atoms with Crippen LogP contribution in [0.4, 0.5) is 0 Å². The van der Waals surface area contributed by atoms with Crippen molar-refractivity contribution in [2.75, 3.05) is 92.8 Å². The molecule has 0 unspecified atom stereocenters. The summed E-state index contributed by atoms with van der Waals surface area (Å²) in [6, 6.07) is 22.1. The molecule has 8 fully saturated rings. The summed E-state index contributed by atoms with van der Waals surface area (Å²) in [7, 11) is 3.61. The minimum absolute atomic E-state index is 0.00198. The van der Waals surface area contributed by atoms with Gasteiger partial charge in [0.1, 0.15) is 12.2 Å². The van der Waals surface area contributed by atoms with Gasteiger partial charge in [0, 0.05) is 78.4 Å². The Balaban J connectivity index is 0.000000244.